The number of fused-ring (bicyclic) bond motifs is 1. The summed E-state index contributed by atoms with van der Waals surface area (Å²) in [5, 5.41) is 6.59. The minimum absolute atomic E-state index is 0.0476. The van der Waals surface area contributed by atoms with Crippen LogP contribution in [0.5, 0.6) is 0 Å². The lowest BCUT2D eigenvalue weighted by molar-refractivity contribution is -0.113. The molecular formula is C11H10ClN3O. The molecule has 2 heterocycles. The molecule has 0 atom stereocenters. The van der Waals surface area contributed by atoms with Crippen molar-refractivity contribution in [2.75, 3.05) is 10.6 Å². The fraction of sp³-hybridized carbons (Fsp3) is 0.273. The Morgan fingerprint density at radius 1 is 1.31 bits per heavy atom. The molecule has 0 radical (unpaired) electrons. The zero-order valence-electron chi connectivity index (χ0n) is 8.51. The number of anilines is 2. The van der Waals surface area contributed by atoms with Crippen molar-refractivity contribution in [3.8, 4) is 0 Å². The van der Waals surface area contributed by atoms with Crippen molar-refractivity contribution >= 4 is 29.0 Å². The van der Waals surface area contributed by atoms with E-state index in [2.05, 4.69) is 15.6 Å². The number of nitrogens with one attached hydrogen (secondary N) is 2. The van der Waals surface area contributed by atoms with Crippen molar-refractivity contribution in [2.45, 2.75) is 19.3 Å². The molecule has 3 rings (SSSR count). The van der Waals surface area contributed by atoms with Crippen LogP contribution in [0.15, 0.2) is 23.5 Å². The molecule has 82 valence electrons. The van der Waals surface area contributed by atoms with Gasteiger partial charge >= 0.3 is 0 Å². The largest absolute Gasteiger partial charge is 0.355 e. The van der Waals surface area contributed by atoms with Crippen LogP contribution in [-0.4, -0.2) is 10.9 Å². The van der Waals surface area contributed by atoms with Gasteiger partial charge in [0, 0.05) is 17.5 Å². The number of hydrogen-bond acceptors (Lipinski definition) is 3. The number of pyridine rings is 1. The van der Waals surface area contributed by atoms with E-state index in [1.165, 1.54) is 6.20 Å². The lowest BCUT2D eigenvalue weighted by atomic mass is 10.2. The number of amides is 1. The molecule has 0 saturated carbocycles. The third kappa shape index (κ3) is 1.46. The average Bonchev–Trinajstić information content (AvgIpc) is 2.65. The van der Waals surface area contributed by atoms with Gasteiger partial charge in [-0.2, -0.15) is 0 Å². The molecule has 2 aliphatic rings. The van der Waals surface area contributed by atoms with Gasteiger partial charge in [0.2, 0.25) is 0 Å². The molecule has 4 nitrogen and oxygen atoms in total. The zero-order chi connectivity index (χ0) is 11.1. The Kier molecular flexibility index (Phi) is 2.11. The zero-order valence-corrected chi connectivity index (χ0v) is 9.27. The van der Waals surface area contributed by atoms with Crippen LogP contribution in [0.3, 0.4) is 0 Å². The van der Waals surface area contributed by atoms with Crippen molar-refractivity contribution in [1.82, 2.24) is 4.98 Å². The van der Waals surface area contributed by atoms with Crippen molar-refractivity contribution in [3.05, 3.63) is 28.6 Å². The topological polar surface area (TPSA) is 54.0 Å². The van der Waals surface area contributed by atoms with Gasteiger partial charge in [-0.05, 0) is 25.3 Å². The van der Waals surface area contributed by atoms with E-state index in [0.29, 0.717) is 10.8 Å². The molecule has 0 aromatic carbocycles. The normalized spacial score (nSPS) is 18.4. The highest BCUT2D eigenvalue weighted by molar-refractivity contribution is 6.31. The number of aromatic nitrogens is 1. The number of hydrogen-bond donors (Lipinski definition) is 2. The third-order valence-electron chi connectivity index (χ3n) is 2.86. The molecule has 1 aromatic heterocycles. The highest BCUT2D eigenvalue weighted by Crippen LogP contribution is 2.34. The van der Waals surface area contributed by atoms with Crippen molar-refractivity contribution < 1.29 is 4.79 Å². The van der Waals surface area contributed by atoms with E-state index in [1.54, 1.807) is 6.07 Å². The van der Waals surface area contributed by atoms with Gasteiger partial charge in [-0.25, -0.2) is 4.98 Å². The molecule has 0 fully saturated rings. The van der Waals surface area contributed by atoms with Gasteiger partial charge < -0.3 is 10.6 Å². The molecule has 1 amide bonds. The monoisotopic (exact) mass is 235 g/mol. The molecule has 0 saturated heterocycles. The number of rotatable bonds is 0. The van der Waals surface area contributed by atoms with Crippen molar-refractivity contribution in [1.29, 1.82) is 0 Å². The van der Waals surface area contributed by atoms with E-state index < -0.39 is 0 Å². The second kappa shape index (κ2) is 3.49. The first-order valence-electron chi connectivity index (χ1n) is 5.20. The molecule has 1 aliphatic carbocycles. The first-order valence-corrected chi connectivity index (χ1v) is 5.58. The number of carbonyl (C=O) groups is 1. The molecule has 0 spiro atoms. The molecule has 0 bridgehead atoms. The van der Waals surface area contributed by atoms with Gasteiger partial charge in [-0.3, -0.25) is 4.79 Å². The van der Waals surface area contributed by atoms with Crippen LogP contribution in [-0.2, 0) is 4.79 Å². The van der Waals surface area contributed by atoms with Crippen LogP contribution in [0, 0.1) is 0 Å². The predicted octanol–water partition coefficient (Wildman–Crippen LogP) is 2.54. The van der Waals surface area contributed by atoms with Crippen molar-refractivity contribution in [3.63, 3.8) is 0 Å². The van der Waals surface area contributed by atoms with Crippen LogP contribution < -0.4 is 10.6 Å². The lowest BCUT2D eigenvalue weighted by Gasteiger charge is -2.08. The smallest absolute Gasteiger partial charge is 0.254 e. The van der Waals surface area contributed by atoms with E-state index in [9.17, 15) is 4.79 Å². The maximum absolute atomic E-state index is 11.9. The summed E-state index contributed by atoms with van der Waals surface area (Å²) in [6, 6.07) is 1.78. The van der Waals surface area contributed by atoms with Gasteiger partial charge in [0.15, 0.2) is 5.82 Å². The molecular weight excluding hydrogens is 226 g/mol. The summed E-state index contributed by atoms with van der Waals surface area (Å²) >= 11 is 5.88. The quantitative estimate of drug-likeness (QED) is 0.727. The van der Waals surface area contributed by atoms with Gasteiger partial charge in [-0.15, -0.1) is 0 Å². The van der Waals surface area contributed by atoms with Crippen molar-refractivity contribution in [2.24, 2.45) is 0 Å². The number of nitrogens with zero attached hydrogens (tertiary/aromatic N) is 1. The standard InChI is InChI=1S/C11H10ClN3O/c12-6-4-9-10(13-5-6)15-11(16)7-2-1-3-8(7)14-9/h4-5,14H,1-3H2,(H,13,15,16). The third-order valence-corrected chi connectivity index (χ3v) is 3.07. The fourth-order valence-electron chi connectivity index (χ4n) is 2.11. The number of allylic oxidation sites excluding steroid dienone is 1. The maximum Gasteiger partial charge on any atom is 0.254 e. The van der Waals surface area contributed by atoms with Gasteiger partial charge in [0.25, 0.3) is 5.91 Å². The highest BCUT2D eigenvalue weighted by atomic mass is 35.5. The van der Waals surface area contributed by atoms with Crippen LogP contribution in [0.25, 0.3) is 0 Å². The summed E-state index contributed by atoms with van der Waals surface area (Å²) in [6.07, 6.45) is 4.29. The summed E-state index contributed by atoms with van der Waals surface area (Å²) in [5.41, 5.74) is 2.61. The molecule has 5 heteroatoms. The SMILES string of the molecule is O=C1Nc2ncc(Cl)cc2NC2=C1CCC2. The van der Waals surface area contributed by atoms with Gasteiger partial charge in [0.05, 0.1) is 10.7 Å². The minimum Gasteiger partial charge on any atom is -0.355 e. The van der Waals surface area contributed by atoms with Crippen LogP contribution >= 0.6 is 11.6 Å². The summed E-state index contributed by atoms with van der Waals surface area (Å²) in [7, 11) is 0. The fourth-order valence-corrected chi connectivity index (χ4v) is 2.27. The Morgan fingerprint density at radius 3 is 3.06 bits per heavy atom. The Bertz CT molecular complexity index is 510. The Balaban J connectivity index is 2.09. The highest BCUT2D eigenvalue weighted by Gasteiger charge is 2.25. The molecule has 1 aliphatic heterocycles. The van der Waals surface area contributed by atoms with E-state index in [0.717, 1.165) is 36.2 Å². The Hall–Kier alpha value is -1.55. The van der Waals surface area contributed by atoms with E-state index in [1.807, 2.05) is 0 Å². The molecule has 16 heavy (non-hydrogen) atoms. The molecule has 2 N–H and O–H groups in total. The van der Waals surface area contributed by atoms with E-state index in [-0.39, 0.29) is 5.91 Å². The Labute approximate surface area is 97.7 Å². The van der Waals surface area contributed by atoms with Gasteiger partial charge in [0.1, 0.15) is 0 Å². The van der Waals surface area contributed by atoms with Crippen LogP contribution in [0.2, 0.25) is 5.02 Å². The second-order valence-electron chi connectivity index (χ2n) is 3.94. The summed E-state index contributed by atoms with van der Waals surface area (Å²) in [4.78, 5) is 16.0. The first kappa shape index (κ1) is 9.66. The first-order chi connectivity index (χ1) is 7.74. The lowest BCUT2D eigenvalue weighted by Crippen LogP contribution is -2.13. The second-order valence-corrected chi connectivity index (χ2v) is 4.38. The number of halogens is 1. The number of carbonyl (C=O) groups excluding carboxylic acids is 1. The van der Waals surface area contributed by atoms with E-state index in [4.69, 9.17) is 11.6 Å². The maximum atomic E-state index is 11.9. The summed E-state index contributed by atoms with van der Waals surface area (Å²) < 4.78 is 0. The minimum atomic E-state index is -0.0476. The van der Waals surface area contributed by atoms with Gasteiger partial charge in [-0.1, -0.05) is 11.6 Å². The predicted molar refractivity (Wildman–Crippen MR) is 62.4 cm³/mol. The van der Waals surface area contributed by atoms with Crippen LogP contribution in [0.1, 0.15) is 19.3 Å². The molecule has 0 unspecified atom stereocenters. The van der Waals surface area contributed by atoms with E-state index >= 15 is 0 Å². The summed E-state index contributed by atoms with van der Waals surface area (Å²) in [5.74, 6) is 0.498. The molecule has 1 aromatic rings. The summed E-state index contributed by atoms with van der Waals surface area (Å²) in [6.45, 7) is 0. The average molecular weight is 236 g/mol. The Morgan fingerprint density at radius 2 is 2.19 bits per heavy atom. The van der Waals surface area contributed by atoms with Crippen LogP contribution in [0.4, 0.5) is 11.5 Å².